The molecular weight excluding hydrogens is 266 g/mol. The third kappa shape index (κ3) is 3.67. The Hall–Kier alpha value is -0.740. The highest BCUT2D eigenvalue weighted by Crippen LogP contribution is 2.28. The van der Waals surface area contributed by atoms with Gasteiger partial charge in [0.2, 0.25) is 0 Å². The van der Waals surface area contributed by atoms with Gasteiger partial charge in [-0.15, -0.1) is 0 Å². The summed E-state index contributed by atoms with van der Waals surface area (Å²) < 4.78 is 0. The molecule has 1 aliphatic heterocycles. The van der Waals surface area contributed by atoms with Gasteiger partial charge in [-0.25, -0.2) is 4.98 Å². The Labute approximate surface area is 127 Å². The molecule has 0 aliphatic carbocycles. The molecular formula is C16H27N3S. The van der Waals surface area contributed by atoms with E-state index in [9.17, 15) is 0 Å². The van der Waals surface area contributed by atoms with E-state index in [1.165, 1.54) is 29.1 Å². The van der Waals surface area contributed by atoms with E-state index in [1.54, 1.807) is 0 Å². The fraction of sp³-hybridized carbons (Fsp3) is 0.688. The summed E-state index contributed by atoms with van der Waals surface area (Å²) in [6.07, 6.45) is 1.24. The van der Waals surface area contributed by atoms with Crippen molar-refractivity contribution in [3.8, 4) is 0 Å². The molecule has 0 saturated carbocycles. The molecule has 2 rings (SSSR count). The van der Waals surface area contributed by atoms with Gasteiger partial charge in [-0.1, -0.05) is 13.8 Å². The van der Waals surface area contributed by atoms with Crippen LogP contribution < -0.4 is 10.2 Å². The van der Waals surface area contributed by atoms with Gasteiger partial charge in [0.05, 0.1) is 0 Å². The highest BCUT2D eigenvalue weighted by Gasteiger charge is 2.22. The third-order valence-corrected chi connectivity index (χ3v) is 5.27. The van der Waals surface area contributed by atoms with E-state index in [0.29, 0.717) is 0 Å². The summed E-state index contributed by atoms with van der Waals surface area (Å²) in [6, 6.07) is 2.20. The Morgan fingerprint density at radius 1 is 1.40 bits per heavy atom. The predicted molar refractivity (Wildman–Crippen MR) is 89.8 cm³/mol. The van der Waals surface area contributed by atoms with E-state index in [0.717, 1.165) is 37.1 Å². The molecule has 1 fully saturated rings. The van der Waals surface area contributed by atoms with E-state index < -0.39 is 0 Å². The lowest BCUT2D eigenvalue weighted by molar-refractivity contribution is 0.690. The summed E-state index contributed by atoms with van der Waals surface area (Å²) in [5.74, 6) is 2.43. The van der Waals surface area contributed by atoms with Crippen molar-refractivity contribution in [2.24, 2.45) is 0 Å². The fourth-order valence-corrected chi connectivity index (χ4v) is 3.91. The lowest BCUT2D eigenvalue weighted by atomic mass is 10.1. The zero-order valence-corrected chi connectivity index (χ0v) is 14.0. The SMILES string of the molecule is CCNCc1c(C)cc(C)nc1N1CCSC(CC)C1. The molecule has 1 aromatic rings. The zero-order valence-electron chi connectivity index (χ0n) is 13.2. The van der Waals surface area contributed by atoms with Crippen molar-refractivity contribution in [3.05, 3.63) is 22.9 Å². The normalized spacial score (nSPS) is 19.4. The van der Waals surface area contributed by atoms with Crippen LogP contribution in [0.1, 0.15) is 37.1 Å². The van der Waals surface area contributed by atoms with Gasteiger partial charge in [-0.2, -0.15) is 11.8 Å². The number of hydrogen-bond acceptors (Lipinski definition) is 4. The van der Waals surface area contributed by atoms with Gasteiger partial charge in [0.15, 0.2) is 0 Å². The summed E-state index contributed by atoms with van der Waals surface area (Å²) in [5, 5.41) is 4.21. The number of thioether (sulfide) groups is 1. The predicted octanol–water partition coefficient (Wildman–Crippen LogP) is 3.14. The second-order valence-corrected chi connectivity index (χ2v) is 6.92. The van der Waals surface area contributed by atoms with Gasteiger partial charge in [-0.3, -0.25) is 0 Å². The van der Waals surface area contributed by atoms with Crippen LogP contribution in [0.15, 0.2) is 6.07 Å². The summed E-state index contributed by atoms with van der Waals surface area (Å²) in [7, 11) is 0. The maximum Gasteiger partial charge on any atom is 0.133 e. The second-order valence-electron chi connectivity index (χ2n) is 5.51. The van der Waals surface area contributed by atoms with E-state index in [-0.39, 0.29) is 0 Å². The van der Waals surface area contributed by atoms with Crippen LogP contribution in [0.2, 0.25) is 0 Å². The third-order valence-electron chi connectivity index (χ3n) is 3.90. The number of aromatic nitrogens is 1. The van der Waals surface area contributed by atoms with Crippen molar-refractivity contribution in [1.29, 1.82) is 0 Å². The molecule has 0 spiro atoms. The number of hydrogen-bond donors (Lipinski definition) is 1. The highest BCUT2D eigenvalue weighted by molar-refractivity contribution is 8.00. The van der Waals surface area contributed by atoms with E-state index >= 15 is 0 Å². The van der Waals surface area contributed by atoms with Crippen molar-refractivity contribution < 1.29 is 0 Å². The van der Waals surface area contributed by atoms with Crippen LogP contribution >= 0.6 is 11.8 Å². The number of anilines is 1. The summed E-state index contributed by atoms with van der Waals surface area (Å²) in [4.78, 5) is 7.35. The lowest BCUT2D eigenvalue weighted by Crippen LogP contribution is -2.39. The molecule has 1 saturated heterocycles. The molecule has 0 amide bonds. The van der Waals surface area contributed by atoms with Gasteiger partial charge in [-0.05, 0) is 38.4 Å². The average Bonchev–Trinajstić information content (AvgIpc) is 2.45. The van der Waals surface area contributed by atoms with Crippen molar-refractivity contribution in [2.75, 3.05) is 30.3 Å². The quantitative estimate of drug-likeness (QED) is 0.903. The molecule has 2 heterocycles. The summed E-state index contributed by atoms with van der Waals surface area (Å²) in [5.41, 5.74) is 3.86. The van der Waals surface area contributed by atoms with Crippen LogP contribution in [0.3, 0.4) is 0 Å². The first-order valence-electron chi connectivity index (χ1n) is 7.70. The summed E-state index contributed by atoms with van der Waals surface area (Å²) >= 11 is 2.11. The number of nitrogens with one attached hydrogen (secondary N) is 1. The van der Waals surface area contributed by atoms with Crippen LogP contribution in [0, 0.1) is 13.8 Å². The van der Waals surface area contributed by atoms with Crippen LogP contribution in [-0.2, 0) is 6.54 Å². The minimum absolute atomic E-state index is 0.748. The monoisotopic (exact) mass is 293 g/mol. The first kappa shape index (κ1) is 15.6. The molecule has 3 nitrogen and oxygen atoms in total. The first-order valence-corrected chi connectivity index (χ1v) is 8.75. The van der Waals surface area contributed by atoms with Crippen molar-refractivity contribution >= 4 is 17.6 Å². The molecule has 1 unspecified atom stereocenters. The molecule has 0 radical (unpaired) electrons. The average molecular weight is 293 g/mol. The number of pyridine rings is 1. The smallest absolute Gasteiger partial charge is 0.133 e. The van der Waals surface area contributed by atoms with Gasteiger partial charge < -0.3 is 10.2 Å². The minimum atomic E-state index is 0.748. The topological polar surface area (TPSA) is 28.2 Å². The highest BCUT2D eigenvalue weighted by atomic mass is 32.2. The zero-order chi connectivity index (χ0) is 14.5. The molecule has 1 atom stereocenters. The Kier molecular flexibility index (Phi) is 5.73. The van der Waals surface area contributed by atoms with E-state index in [4.69, 9.17) is 4.98 Å². The van der Waals surface area contributed by atoms with E-state index in [2.05, 4.69) is 55.7 Å². The number of rotatable bonds is 5. The standard InChI is InChI=1S/C16H27N3S/c1-5-14-11-19(7-8-20-14)16-15(10-17-6-2)12(3)9-13(4)18-16/h9,14,17H,5-8,10-11H2,1-4H3. The van der Waals surface area contributed by atoms with Crippen LogP contribution in [0.5, 0.6) is 0 Å². The van der Waals surface area contributed by atoms with Crippen molar-refractivity contribution in [2.45, 2.75) is 45.9 Å². The van der Waals surface area contributed by atoms with Crippen LogP contribution in [0.4, 0.5) is 5.82 Å². The Balaban J connectivity index is 2.28. The Morgan fingerprint density at radius 3 is 2.90 bits per heavy atom. The molecule has 4 heteroatoms. The maximum absolute atomic E-state index is 4.86. The van der Waals surface area contributed by atoms with Gasteiger partial charge in [0, 0.05) is 41.9 Å². The molecule has 1 N–H and O–H groups in total. The van der Waals surface area contributed by atoms with Crippen LogP contribution in [-0.4, -0.2) is 35.6 Å². The second kappa shape index (κ2) is 7.32. The van der Waals surface area contributed by atoms with Gasteiger partial charge in [0.1, 0.15) is 5.82 Å². The molecule has 20 heavy (non-hydrogen) atoms. The maximum atomic E-state index is 4.86. The minimum Gasteiger partial charge on any atom is -0.354 e. The van der Waals surface area contributed by atoms with Crippen molar-refractivity contribution in [1.82, 2.24) is 10.3 Å². The Bertz CT molecular complexity index is 448. The van der Waals surface area contributed by atoms with Crippen LogP contribution in [0.25, 0.3) is 0 Å². The van der Waals surface area contributed by atoms with Gasteiger partial charge >= 0.3 is 0 Å². The largest absolute Gasteiger partial charge is 0.354 e. The first-order chi connectivity index (χ1) is 9.65. The number of nitrogens with zero attached hydrogens (tertiary/aromatic N) is 2. The molecule has 1 aromatic heterocycles. The van der Waals surface area contributed by atoms with Crippen molar-refractivity contribution in [3.63, 3.8) is 0 Å². The molecule has 0 bridgehead atoms. The van der Waals surface area contributed by atoms with E-state index in [1.807, 2.05) is 0 Å². The molecule has 1 aliphatic rings. The van der Waals surface area contributed by atoms with Gasteiger partial charge in [0.25, 0.3) is 0 Å². The lowest BCUT2D eigenvalue weighted by Gasteiger charge is -2.34. The fourth-order valence-electron chi connectivity index (χ4n) is 2.73. The Morgan fingerprint density at radius 2 is 2.20 bits per heavy atom. The summed E-state index contributed by atoms with van der Waals surface area (Å²) in [6.45, 7) is 12.9. The molecule has 0 aromatic carbocycles. The molecule has 112 valence electrons. The number of aryl methyl sites for hydroxylation is 2.